The van der Waals surface area contributed by atoms with Crippen LogP contribution in [0.3, 0.4) is 0 Å². The Kier molecular flexibility index (Phi) is 5.11. The molecule has 0 radical (unpaired) electrons. The van der Waals surface area contributed by atoms with Crippen LogP contribution < -0.4 is 0 Å². The minimum Gasteiger partial charge on any atom is -0.459 e. The van der Waals surface area contributed by atoms with E-state index >= 15 is 0 Å². The standard InChI is InChI=1S/C14H16BrNO4/c15-12-8-7-10(9-13(12)16(18)19)14(17)20-11-5-3-1-2-4-6-11/h7-9,11H,1-6H2. The molecule has 1 fully saturated rings. The van der Waals surface area contributed by atoms with Gasteiger partial charge in [0.05, 0.1) is 15.0 Å². The Bertz CT molecular complexity index is 510. The summed E-state index contributed by atoms with van der Waals surface area (Å²) in [6.45, 7) is 0. The van der Waals surface area contributed by atoms with Gasteiger partial charge < -0.3 is 4.74 Å². The number of esters is 1. The number of carbonyl (C=O) groups is 1. The number of ether oxygens (including phenoxy) is 1. The van der Waals surface area contributed by atoms with Crippen LogP contribution in [0.15, 0.2) is 22.7 Å². The number of hydrogen-bond acceptors (Lipinski definition) is 4. The second-order valence-corrected chi connectivity index (χ2v) is 5.80. The van der Waals surface area contributed by atoms with Crippen molar-refractivity contribution in [1.82, 2.24) is 0 Å². The predicted molar refractivity (Wildman–Crippen MR) is 77.7 cm³/mol. The Morgan fingerprint density at radius 1 is 1.25 bits per heavy atom. The zero-order valence-corrected chi connectivity index (χ0v) is 12.6. The highest BCUT2D eigenvalue weighted by Crippen LogP contribution is 2.27. The molecule has 0 unspecified atom stereocenters. The number of nitro benzene ring substituents is 1. The first-order chi connectivity index (χ1) is 9.58. The molecule has 2 rings (SSSR count). The van der Waals surface area contributed by atoms with Gasteiger partial charge in [-0.05, 0) is 53.7 Å². The van der Waals surface area contributed by atoms with E-state index in [-0.39, 0.29) is 17.4 Å². The van der Waals surface area contributed by atoms with Gasteiger partial charge in [0.1, 0.15) is 6.10 Å². The Labute approximate surface area is 125 Å². The van der Waals surface area contributed by atoms with E-state index in [2.05, 4.69) is 15.9 Å². The molecule has 6 heteroatoms. The fourth-order valence-electron chi connectivity index (χ4n) is 2.36. The molecule has 1 saturated carbocycles. The molecule has 20 heavy (non-hydrogen) atoms. The molecule has 1 aliphatic carbocycles. The average molecular weight is 342 g/mol. The lowest BCUT2D eigenvalue weighted by molar-refractivity contribution is -0.385. The molecule has 0 N–H and O–H groups in total. The van der Waals surface area contributed by atoms with Crippen molar-refractivity contribution in [3.8, 4) is 0 Å². The van der Waals surface area contributed by atoms with Gasteiger partial charge in [0, 0.05) is 6.07 Å². The minimum absolute atomic E-state index is 0.0623. The van der Waals surface area contributed by atoms with Crippen molar-refractivity contribution < 1.29 is 14.5 Å². The van der Waals surface area contributed by atoms with E-state index in [1.165, 1.54) is 31.0 Å². The minimum atomic E-state index is -0.521. The maximum atomic E-state index is 12.1. The van der Waals surface area contributed by atoms with Crippen LogP contribution in [0.5, 0.6) is 0 Å². The molecule has 0 aliphatic heterocycles. The molecule has 0 saturated heterocycles. The van der Waals surface area contributed by atoms with Crippen LogP contribution in [-0.4, -0.2) is 17.0 Å². The first-order valence-electron chi connectivity index (χ1n) is 6.73. The van der Waals surface area contributed by atoms with Crippen molar-refractivity contribution in [2.45, 2.75) is 44.6 Å². The van der Waals surface area contributed by atoms with E-state index < -0.39 is 10.9 Å². The van der Waals surface area contributed by atoms with Crippen molar-refractivity contribution in [3.63, 3.8) is 0 Å². The Hall–Kier alpha value is -1.43. The number of carbonyl (C=O) groups excluding carboxylic acids is 1. The van der Waals surface area contributed by atoms with E-state index in [1.54, 1.807) is 0 Å². The molecule has 0 bridgehead atoms. The van der Waals surface area contributed by atoms with Crippen molar-refractivity contribution in [3.05, 3.63) is 38.3 Å². The molecule has 1 aromatic rings. The normalized spacial score (nSPS) is 16.4. The van der Waals surface area contributed by atoms with E-state index in [9.17, 15) is 14.9 Å². The zero-order chi connectivity index (χ0) is 14.5. The summed E-state index contributed by atoms with van der Waals surface area (Å²) >= 11 is 3.10. The lowest BCUT2D eigenvalue weighted by atomic mass is 10.1. The Morgan fingerprint density at radius 2 is 1.90 bits per heavy atom. The van der Waals surface area contributed by atoms with Gasteiger partial charge >= 0.3 is 5.97 Å². The van der Waals surface area contributed by atoms with Gasteiger partial charge in [-0.1, -0.05) is 12.8 Å². The van der Waals surface area contributed by atoms with Crippen LogP contribution in [0.1, 0.15) is 48.9 Å². The Morgan fingerprint density at radius 3 is 2.50 bits per heavy atom. The lowest BCUT2D eigenvalue weighted by Gasteiger charge is -2.15. The number of benzene rings is 1. The monoisotopic (exact) mass is 341 g/mol. The fourth-order valence-corrected chi connectivity index (χ4v) is 2.75. The summed E-state index contributed by atoms with van der Waals surface area (Å²) in [4.78, 5) is 22.4. The van der Waals surface area contributed by atoms with Crippen LogP contribution in [-0.2, 0) is 4.74 Å². The molecule has 108 valence electrons. The molecule has 1 aliphatic rings. The second kappa shape index (κ2) is 6.83. The summed E-state index contributed by atoms with van der Waals surface area (Å²) in [7, 11) is 0. The topological polar surface area (TPSA) is 69.4 Å². The molecule has 1 aromatic carbocycles. The highest BCUT2D eigenvalue weighted by Gasteiger charge is 2.20. The zero-order valence-electron chi connectivity index (χ0n) is 11.0. The van der Waals surface area contributed by atoms with Gasteiger partial charge in [-0.25, -0.2) is 4.79 Å². The van der Waals surface area contributed by atoms with E-state index in [4.69, 9.17) is 4.74 Å². The number of hydrogen-bond donors (Lipinski definition) is 0. The summed E-state index contributed by atoms with van der Waals surface area (Å²) in [6.07, 6.45) is 6.19. The molecule has 0 spiro atoms. The number of nitro groups is 1. The molecular weight excluding hydrogens is 326 g/mol. The number of rotatable bonds is 3. The molecule has 0 aromatic heterocycles. The SMILES string of the molecule is O=C(OC1CCCCCC1)c1ccc(Br)c([N+](=O)[O-])c1. The van der Waals surface area contributed by atoms with Crippen molar-refractivity contribution >= 4 is 27.6 Å². The summed E-state index contributed by atoms with van der Waals surface area (Å²) in [5.41, 5.74) is 0.101. The number of nitrogens with zero attached hydrogens (tertiary/aromatic N) is 1. The van der Waals surface area contributed by atoms with E-state index in [0.717, 1.165) is 25.7 Å². The average Bonchev–Trinajstić information content (AvgIpc) is 2.67. The van der Waals surface area contributed by atoms with Crippen LogP contribution >= 0.6 is 15.9 Å². The third-order valence-electron chi connectivity index (χ3n) is 3.45. The van der Waals surface area contributed by atoms with Gasteiger partial charge in [-0.3, -0.25) is 10.1 Å². The van der Waals surface area contributed by atoms with Crippen LogP contribution in [0, 0.1) is 10.1 Å². The molecular formula is C14H16BrNO4. The lowest BCUT2D eigenvalue weighted by Crippen LogP contribution is -2.17. The van der Waals surface area contributed by atoms with Gasteiger partial charge in [0.25, 0.3) is 5.69 Å². The largest absolute Gasteiger partial charge is 0.459 e. The van der Waals surface area contributed by atoms with E-state index in [1.807, 2.05) is 0 Å². The van der Waals surface area contributed by atoms with Crippen molar-refractivity contribution in [2.75, 3.05) is 0 Å². The molecule has 5 nitrogen and oxygen atoms in total. The number of halogens is 1. The maximum Gasteiger partial charge on any atom is 0.338 e. The predicted octanol–water partition coefficient (Wildman–Crippen LogP) is 4.24. The third kappa shape index (κ3) is 3.79. The summed E-state index contributed by atoms with van der Waals surface area (Å²) in [5, 5.41) is 10.9. The summed E-state index contributed by atoms with van der Waals surface area (Å²) in [6, 6.07) is 4.29. The fraction of sp³-hybridized carbons (Fsp3) is 0.500. The van der Waals surface area contributed by atoms with Crippen molar-refractivity contribution in [1.29, 1.82) is 0 Å². The maximum absolute atomic E-state index is 12.1. The van der Waals surface area contributed by atoms with Gasteiger partial charge in [-0.15, -0.1) is 0 Å². The highest BCUT2D eigenvalue weighted by molar-refractivity contribution is 9.10. The third-order valence-corrected chi connectivity index (χ3v) is 4.13. The molecule has 0 heterocycles. The molecule has 0 amide bonds. The van der Waals surface area contributed by atoms with Gasteiger partial charge in [-0.2, -0.15) is 0 Å². The van der Waals surface area contributed by atoms with Crippen LogP contribution in [0.4, 0.5) is 5.69 Å². The second-order valence-electron chi connectivity index (χ2n) is 4.94. The van der Waals surface area contributed by atoms with Crippen molar-refractivity contribution in [2.24, 2.45) is 0 Å². The smallest absolute Gasteiger partial charge is 0.338 e. The molecule has 0 atom stereocenters. The van der Waals surface area contributed by atoms with Gasteiger partial charge in [0.15, 0.2) is 0 Å². The highest BCUT2D eigenvalue weighted by atomic mass is 79.9. The van der Waals surface area contributed by atoms with Crippen LogP contribution in [0.25, 0.3) is 0 Å². The summed E-state index contributed by atoms with van der Waals surface area (Å²) in [5.74, 6) is -0.479. The first kappa shape index (κ1) is 15.0. The van der Waals surface area contributed by atoms with E-state index in [0.29, 0.717) is 4.47 Å². The first-order valence-corrected chi connectivity index (χ1v) is 7.52. The quantitative estimate of drug-likeness (QED) is 0.357. The Balaban J connectivity index is 2.08. The van der Waals surface area contributed by atoms with Crippen LogP contribution in [0.2, 0.25) is 0 Å². The van der Waals surface area contributed by atoms with Gasteiger partial charge in [0.2, 0.25) is 0 Å². The summed E-state index contributed by atoms with van der Waals surface area (Å²) < 4.78 is 5.81.